The van der Waals surface area contributed by atoms with E-state index in [9.17, 15) is 30.3 Å². The summed E-state index contributed by atoms with van der Waals surface area (Å²) in [6, 6.07) is -0.836. The molecule has 0 aliphatic carbocycles. The van der Waals surface area contributed by atoms with E-state index in [4.69, 9.17) is 9.47 Å². The van der Waals surface area contributed by atoms with Crippen LogP contribution >= 0.6 is 0 Å². The van der Waals surface area contributed by atoms with Gasteiger partial charge < -0.3 is 40.3 Å². The average molecular weight is 908 g/mol. The summed E-state index contributed by atoms with van der Waals surface area (Å²) >= 11 is 0. The number of amides is 1. The van der Waals surface area contributed by atoms with Crippen molar-refractivity contribution in [2.24, 2.45) is 0 Å². The summed E-state index contributed by atoms with van der Waals surface area (Å²) in [5, 5.41) is 54.3. The number of nitrogens with one attached hydrogen (secondary N) is 1. The van der Waals surface area contributed by atoms with Crippen LogP contribution in [0.3, 0.4) is 0 Å². The molecule has 0 aromatic rings. The number of ether oxygens (including phenoxy) is 2. The van der Waals surface area contributed by atoms with Crippen molar-refractivity contribution in [2.45, 2.75) is 224 Å². The minimum Gasteiger partial charge on any atom is -0.394 e. The fourth-order valence-electron chi connectivity index (χ4n) is 7.29. The molecule has 1 saturated heterocycles. The Bertz CT molecular complexity index is 1380. The molecule has 0 saturated carbocycles. The van der Waals surface area contributed by atoms with Crippen LogP contribution in [0, 0.1) is 0 Å². The second-order valence-corrected chi connectivity index (χ2v) is 17.2. The number of aliphatic hydroxyl groups excluding tert-OH is 5. The van der Waals surface area contributed by atoms with Crippen LogP contribution in [0.15, 0.2) is 109 Å². The maximum absolute atomic E-state index is 13.0. The highest BCUT2D eigenvalue weighted by molar-refractivity contribution is 5.76. The largest absolute Gasteiger partial charge is 0.394 e. The second kappa shape index (κ2) is 44.7. The Kier molecular flexibility index (Phi) is 41.1. The van der Waals surface area contributed by atoms with Crippen LogP contribution in [0.2, 0.25) is 0 Å². The molecule has 0 spiro atoms. The van der Waals surface area contributed by atoms with Gasteiger partial charge in [-0.1, -0.05) is 200 Å². The fourth-order valence-corrected chi connectivity index (χ4v) is 7.29. The number of carbonyl (C=O) groups excluding carboxylic acids is 1. The van der Waals surface area contributed by atoms with E-state index >= 15 is 0 Å². The van der Waals surface area contributed by atoms with E-state index in [0.29, 0.717) is 6.42 Å². The summed E-state index contributed by atoms with van der Waals surface area (Å²) in [6.45, 7) is 3.62. The van der Waals surface area contributed by atoms with Gasteiger partial charge in [0.2, 0.25) is 5.91 Å². The van der Waals surface area contributed by atoms with Crippen molar-refractivity contribution in [2.75, 3.05) is 13.2 Å². The number of unbranched alkanes of at least 4 members (excludes halogenated alkanes) is 15. The highest BCUT2D eigenvalue weighted by Gasteiger charge is 2.44. The smallest absolute Gasteiger partial charge is 0.220 e. The predicted molar refractivity (Wildman–Crippen MR) is 271 cm³/mol. The Hall–Kier alpha value is -3.15. The number of aliphatic hydroxyl groups is 5. The third-order valence-electron chi connectivity index (χ3n) is 11.4. The summed E-state index contributed by atoms with van der Waals surface area (Å²) < 4.78 is 11.2. The third-order valence-corrected chi connectivity index (χ3v) is 11.4. The van der Waals surface area contributed by atoms with Crippen LogP contribution < -0.4 is 5.32 Å². The van der Waals surface area contributed by atoms with E-state index in [1.807, 2.05) is 6.08 Å². The van der Waals surface area contributed by atoms with Gasteiger partial charge >= 0.3 is 0 Å². The Morgan fingerprint density at radius 3 is 1.42 bits per heavy atom. The van der Waals surface area contributed by atoms with Crippen molar-refractivity contribution in [3.63, 3.8) is 0 Å². The lowest BCUT2D eigenvalue weighted by Crippen LogP contribution is -2.60. The first-order valence-corrected chi connectivity index (χ1v) is 25.6. The molecule has 9 heteroatoms. The van der Waals surface area contributed by atoms with Crippen molar-refractivity contribution >= 4 is 5.91 Å². The van der Waals surface area contributed by atoms with Gasteiger partial charge in [-0.25, -0.2) is 0 Å². The number of allylic oxidation sites excluding steroid dienone is 17. The first-order chi connectivity index (χ1) is 31.8. The number of hydrogen-bond acceptors (Lipinski definition) is 8. The molecule has 0 aromatic heterocycles. The molecule has 1 amide bonds. The Morgan fingerprint density at radius 1 is 0.538 bits per heavy atom. The maximum atomic E-state index is 13.0. The summed E-state index contributed by atoms with van der Waals surface area (Å²) in [5.41, 5.74) is 0. The molecule has 6 N–H and O–H groups in total. The highest BCUT2D eigenvalue weighted by Crippen LogP contribution is 2.22. The number of hydrogen-bond donors (Lipinski definition) is 6. The molecule has 1 aliphatic heterocycles. The van der Waals surface area contributed by atoms with Crippen LogP contribution in [0.4, 0.5) is 0 Å². The van der Waals surface area contributed by atoms with Gasteiger partial charge in [-0.05, 0) is 83.5 Å². The predicted octanol–water partition coefficient (Wildman–Crippen LogP) is 11.8. The zero-order valence-electron chi connectivity index (χ0n) is 40.7. The molecule has 0 aromatic carbocycles. The van der Waals surface area contributed by atoms with E-state index in [-0.39, 0.29) is 18.9 Å². The zero-order valence-corrected chi connectivity index (χ0v) is 40.7. The zero-order chi connectivity index (χ0) is 47.3. The van der Waals surface area contributed by atoms with E-state index in [2.05, 4.69) is 116 Å². The molecule has 0 bridgehead atoms. The molecule has 65 heavy (non-hydrogen) atoms. The normalized spacial score (nSPS) is 20.9. The summed E-state index contributed by atoms with van der Waals surface area (Å²) in [7, 11) is 0. The van der Waals surface area contributed by atoms with Gasteiger partial charge in [0.05, 0.1) is 25.4 Å². The quantitative estimate of drug-likeness (QED) is 0.0262. The third kappa shape index (κ3) is 34.8. The molecule has 1 heterocycles. The van der Waals surface area contributed by atoms with Gasteiger partial charge in [0.25, 0.3) is 0 Å². The standard InChI is InChI=1S/C56H93NO8/c1-3-5-7-9-11-13-15-17-19-20-21-22-23-24-25-26-27-28-29-30-32-34-36-38-40-42-44-46-52(60)57-49(48-64-56-55(63)54(62)53(61)51(47-58)65-56)50(59)45-43-41-39-37-35-33-31-18-16-14-12-10-8-6-4-2/h5,7,11,13,17,19,21-22,24-25,27-28,30,32,36,38,43,45,49-51,53-56,58-59,61-63H,3-4,6,8-10,12,14-16,18,20,23,26,29,31,33-35,37,39-42,44,46-48H2,1-2H3,(H,57,60)/b7-5-,13-11-,19-17-,22-21-,25-24-,28-27-,32-30-,38-36-,45-43+. The SMILES string of the molecule is CC/C=C\C/C=C\C/C=C\C/C=C\C/C=C\C/C=C\C/C=C\C/C=C\CCCCC(=O)NC(COC1OC(CO)C(O)C(O)C1O)C(O)/C=C/CCCCCCCCCCCCCCC. The number of carbonyl (C=O) groups is 1. The lowest BCUT2D eigenvalue weighted by Gasteiger charge is -2.40. The molecule has 0 radical (unpaired) electrons. The topological polar surface area (TPSA) is 149 Å². The van der Waals surface area contributed by atoms with Gasteiger partial charge in [0.15, 0.2) is 6.29 Å². The lowest BCUT2D eigenvalue weighted by atomic mass is 9.99. The second-order valence-electron chi connectivity index (χ2n) is 17.2. The van der Waals surface area contributed by atoms with Crippen molar-refractivity contribution < 1.29 is 39.8 Å². The Morgan fingerprint density at radius 2 is 0.954 bits per heavy atom. The molecule has 1 aliphatic rings. The van der Waals surface area contributed by atoms with Crippen LogP contribution in [-0.4, -0.2) is 87.5 Å². The van der Waals surface area contributed by atoms with Crippen LogP contribution in [-0.2, 0) is 14.3 Å². The summed E-state index contributed by atoms with van der Waals surface area (Å²) in [6.07, 6.45) is 58.5. The monoisotopic (exact) mass is 908 g/mol. The van der Waals surface area contributed by atoms with Crippen molar-refractivity contribution in [1.29, 1.82) is 0 Å². The van der Waals surface area contributed by atoms with Gasteiger partial charge in [-0.15, -0.1) is 0 Å². The minimum atomic E-state index is -1.58. The molecule has 7 atom stereocenters. The van der Waals surface area contributed by atoms with Gasteiger partial charge in [-0.2, -0.15) is 0 Å². The average Bonchev–Trinajstić information content (AvgIpc) is 3.31. The Labute approximate surface area is 396 Å². The summed E-state index contributed by atoms with van der Waals surface area (Å²) in [5.74, 6) is -0.224. The van der Waals surface area contributed by atoms with Gasteiger partial charge in [-0.3, -0.25) is 4.79 Å². The molecule has 370 valence electrons. The van der Waals surface area contributed by atoms with Gasteiger partial charge in [0.1, 0.15) is 24.4 Å². The molecule has 7 unspecified atom stereocenters. The Balaban J connectivity index is 2.34. The van der Waals surface area contributed by atoms with Crippen LogP contribution in [0.5, 0.6) is 0 Å². The first kappa shape index (κ1) is 59.9. The highest BCUT2D eigenvalue weighted by atomic mass is 16.7. The van der Waals surface area contributed by atoms with Crippen LogP contribution in [0.1, 0.15) is 181 Å². The summed E-state index contributed by atoms with van der Waals surface area (Å²) in [4.78, 5) is 13.0. The first-order valence-electron chi connectivity index (χ1n) is 25.6. The van der Waals surface area contributed by atoms with E-state index in [0.717, 1.165) is 83.5 Å². The van der Waals surface area contributed by atoms with E-state index in [1.54, 1.807) is 6.08 Å². The van der Waals surface area contributed by atoms with Gasteiger partial charge in [0, 0.05) is 6.42 Å². The maximum Gasteiger partial charge on any atom is 0.220 e. The minimum absolute atomic E-state index is 0.213. The van der Waals surface area contributed by atoms with Crippen molar-refractivity contribution in [3.05, 3.63) is 109 Å². The lowest BCUT2D eigenvalue weighted by molar-refractivity contribution is -0.302. The number of rotatable bonds is 41. The van der Waals surface area contributed by atoms with Crippen molar-refractivity contribution in [3.8, 4) is 0 Å². The van der Waals surface area contributed by atoms with E-state index < -0.39 is 49.5 Å². The molecule has 9 nitrogen and oxygen atoms in total. The van der Waals surface area contributed by atoms with Crippen LogP contribution in [0.25, 0.3) is 0 Å². The molecular formula is C56H93NO8. The molecule has 1 fully saturated rings. The molecule has 1 rings (SSSR count). The fraction of sp³-hybridized carbons (Fsp3) is 0.661. The van der Waals surface area contributed by atoms with Crippen molar-refractivity contribution in [1.82, 2.24) is 5.32 Å². The van der Waals surface area contributed by atoms with E-state index in [1.165, 1.54) is 70.6 Å². The molecular weight excluding hydrogens is 815 g/mol.